The van der Waals surface area contributed by atoms with Gasteiger partial charge in [-0.3, -0.25) is 4.21 Å². The lowest BCUT2D eigenvalue weighted by Gasteiger charge is -2.08. The molecule has 2 aromatic carbocycles. The molecular formula is C15H13FN2OS. The van der Waals surface area contributed by atoms with Crippen molar-refractivity contribution in [3.8, 4) is 6.07 Å². The quantitative estimate of drug-likeness (QED) is 0.883. The summed E-state index contributed by atoms with van der Waals surface area (Å²) in [4.78, 5) is 0.660. The molecule has 1 atom stereocenters. The molecule has 0 saturated carbocycles. The summed E-state index contributed by atoms with van der Waals surface area (Å²) in [5, 5.41) is 8.79. The number of anilines is 1. The molecule has 0 heterocycles. The van der Waals surface area contributed by atoms with Crippen LogP contribution in [0.4, 0.5) is 10.1 Å². The van der Waals surface area contributed by atoms with Crippen molar-refractivity contribution in [3.63, 3.8) is 0 Å². The molecule has 2 N–H and O–H groups in total. The van der Waals surface area contributed by atoms with Crippen LogP contribution >= 0.6 is 0 Å². The van der Waals surface area contributed by atoms with Gasteiger partial charge in [-0.05, 0) is 42.3 Å². The Morgan fingerprint density at radius 3 is 2.80 bits per heavy atom. The van der Waals surface area contributed by atoms with Gasteiger partial charge >= 0.3 is 0 Å². The summed E-state index contributed by atoms with van der Waals surface area (Å²) in [6.07, 6.45) is 0. The molecule has 0 spiro atoms. The van der Waals surface area contributed by atoms with E-state index in [4.69, 9.17) is 11.0 Å². The Bertz CT molecular complexity index is 722. The number of rotatable bonds is 3. The van der Waals surface area contributed by atoms with Gasteiger partial charge in [-0.15, -0.1) is 0 Å². The highest BCUT2D eigenvalue weighted by Gasteiger charge is 2.11. The lowest BCUT2D eigenvalue weighted by Crippen LogP contribution is -2.02. The predicted octanol–water partition coefficient (Wildman–Crippen LogP) is 2.90. The molecule has 20 heavy (non-hydrogen) atoms. The number of nitrogens with zero attached hydrogens (tertiary/aromatic N) is 1. The Hall–Kier alpha value is -2.19. The van der Waals surface area contributed by atoms with E-state index >= 15 is 0 Å². The fraction of sp³-hybridized carbons (Fsp3) is 0.133. The summed E-state index contributed by atoms with van der Waals surface area (Å²) in [5.41, 5.74) is 7.78. The molecular weight excluding hydrogens is 275 g/mol. The third kappa shape index (κ3) is 2.86. The standard InChI is InChI=1S/C15H13FN2OS/c1-10-14(18)3-2-4-15(10)20(19)9-11-5-6-13(16)12(7-11)8-17/h2-7H,9,18H2,1H3. The van der Waals surface area contributed by atoms with Gasteiger partial charge in [0.15, 0.2) is 0 Å². The van der Waals surface area contributed by atoms with E-state index in [1.54, 1.807) is 24.3 Å². The lowest BCUT2D eigenvalue weighted by atomic mass is 10.1. The van der Waals surface area contributed by atoms with Crippen molar-refractivity contribution in [1.82, 2.24) is 0 Å². The maximum Gasteiger partial charge on any atom is 0.140 e. The minimum Gasteiger partial charge on any atom is -0.398 e. The van der Waals surface area contributed by atoms with Crippen LogP contribution in [0.5, 0.6) is 0 Å². The van der Waals surface area contributed by atoms with E-state index in [0.29, 0.717) is 16.1 Å². The first-order valence-electron chi connectivity index (χ1n) is 5.95. The first-order chi connectivity index (χ1) is 9.52. The highest BCUT2D eigenvalue weighted by Crippen LogP contribution is 2.22. The highest BCUT2D eigenvalue weighted by atomic mass is 32.2. The third-order valence-corrected chi connectivity index (χ3v) is 4.55. The third-order valence-electron chi connectivity index (χ3n) is 3.02. The minimum atomic E-state index is -1.28. The normalized spacial score (nSPS) is 11.8. The smallest absolute Gasteiger partial charge is 0.140 e. The molecule has 2 rings (SSSR count). The van der Waals surface area contributed by atoms with Gasteiger partial charge in [-0.2, -0.15) is 5.26 Å². The summed E-state index contributed by atoms with van der Waals surface area (Å²) in [5.74, 6) is -0.346. The molecule has 0 aromatic heterocycles. The fourth-order valence-corrected chi connectivity index (χ4v) is 3.18. The summed E-state index contributed by atoms with van der Waals surface area (Å²) < 4.78 is 25.6. The van der Waals surface area contributed by atoms with Crippen LogP contribution in [0.15, 0.2) is 41.3 Å². The van der Waals surface area contributed by atoms with Gasteiger partial charge in [-0.1, -0.05) is 12.1 Å². The molecule has 5 heteroatoms. The first-order valence-corrected chi connectivity index (χ1v) is 7.27. The summed E-state index contributed by atoms with van der Waals surface area (Å²) in [7, 11) is -1.28. The van der Waals surface area contributed by atoms with Crippen LogP contribution in [-0.2, 0) is 16.6 Å². The molecule has 0 aliphatic rings. The summed E-state index contributed by atoms with van der Waals surface area (Å²) in [6.45, 7) is 1.81. The maximum absolute atomic E-state index is 13.2. The van der Waals surface area contributed by atoms with Gasteiger partial charge < -0.3 is 5.73 Å². The molecule has 2 aromatic rings. The van der Waals surface area contributed by atoms with Crippen LogP contribution in [-0.4, -0.2) is 4.21 Å². The molecule has 0 fully saturated rings. The number of nitriles is 1. The van der Waals surface area contributed by atoms with E-state index in [0.717, 1.165) is 5.56 Å². The summed E-state index contributed by atoms with van der Waals surface area (Å²) in [6, 6.07) is 11.2. The van der Waals surface area contributed by atoms with Crippen molar-refractivity contribution >= 4 is 16.5 Å². The van der Waals surface area contributed by atoms with Gasteiger partial charge in [0, 0.05) is 10.6 Å². The maximum atomic E-state index is 13.2. The number of halogens is 1. The van der Waals surface area contributed by atoms with E-state index in [1.807, 2.05) is 6.92 Å². The van der Waals surface area contributed by atoms with Gasteiger partial charge in [-0.25, -0.2) is 4.39 Å². The van der Waals surface area contributed by atoms with E-state index in [2.05, 4.69) is 0 Å². The van der Waals surface area contributed by atoms with Crippen molar-refractivity contribution in [3.05, 3.63) is 58.9 Å². The zero-order valence-corrected chi connectivity index (χ0v) is 11.7. The molecule has 0 amide bonds. The molecule has 102 valence electrons. The first kappa shape index (κ1) is 14.2. The molecule has 3 nitrogen and oxygen atoms in total. The van der Waals surface area contributed by atoms with Crippen LogP contribution in [0, 0.1) is 24.1 Å². The van der Waals surface area contributed by atoms with Gasteiger partial charge in [0.1, 0.15) is 11.9 Å². The molecule has 0 saturated heterocycles. The second-order valence-corrected chi connectivity index (χ2v) is 5.81. The SMILES string of the molecule is Cc1c(N)cccc1S(=O)Cc1ccc(F)c(C#N)c1. The van der Waals surface area contributed by atoms with Crippen LogP contribution in [0.25, 0.3) is 0 Å². The largest absolute Gasteiger partial charge is 0.398 e. The Kier molecular flexibility index (Phi) is 4.16. The lowest BCUT2D eigenvalue weighted by molar-refractivity contribution is 0.623. The Labute approximate surface area is 119 Å². The Morgan fingerprint density at radius 2 is 2.10 bits per heavy atom. The number of hydrogen-bond acceptors (Lipinski definition) is 3. The van der Waals surface area contributed by atoms with Crippen LogP contribution < -0.4 is 5.73 Å². The van der Waals surface area contributed by atoms with Crippen molar-refractivity contribution in [2.75, 3.05) is 5.73 Å². The number of hydrogen-bond donors (Lipinski definition) is 1. The van der Waals surface area contributed by atoms with Crippen molar-refractivity contribution < 1.29 is 8.60 Å². The van der Waals surface area contributed by atoms with E-state index in [-0.39, 0.29) is 11.3 Å². The van der Waals surface area contributed by atoms with Crippen molar-refractivity contribution in [2.24, 2.45) is 0 Å². The number of nitrogen functional groups attached to an aromatic ring is 1. The van der Waals surface area contributed by atoms with E-state index < -0.39 is 16.6 Å². The molecule has 0 aliphatic carbocycles. The Morgan fingerprint density at radius 1 is 1.35 bits per heavy atom. The van der Waals surface area contributed by atoms with Gasteiger partial charge in [0.05, 0.1) is 22.1 Å². The van der Waals surface area contributed by atoms with E-state index in [1.165, 1.54) is 18.2 Å². The average molecular weight is 288 g/mol. The predicted molar refractivity (Wildman–Crippen MR) is 76.8 cm³/mol. The number of benzene rings is 2. The van der Waals surface area contributed by atoms with E-state index in [9.17, 15) is 8.60 Å². The average Bonchev–Trinajstić information content (AvgIpc) is 2.43. The molecule has 0 aliphatic heterocycles. The van der Waals surface area contributed by atoms with Gasteiger partial charge in [0.2, 0.25) is 0 Å². The monoisotopic (exact) mass is 288 g/mol. The molecule has 0 radical (unpaired) electrons. The number of nitrogens with two attached hydrogens (primary N) is 1. The minimum absolute atomic E-state index is 0.0382. The highest BCUT2D eigenvalue weighted by molar-refractivity contribution is 7.84. The molecule has 0 bridgehead atoms. The molecule has 1 unspecified atom stereocenters. The zero-order valence-electron chi connectivity index (χ0n) is 10.9. The van der Waals surface area contributed by atoms with Crippen LogP contribution in [0.2, 0.25) is 0 Å². The Balaban J connectivity index is 2.29. The fourth-order valence-electron chi connectivity index (χ4n) is 1.86. The van der Waals surface area contributed by atoms with Crippen molar-refractivity contribution in [2.45, 2.75) is 17.6 Å². The van der Waals surface area contributed by atoms with Gasteiger partial charge in [0.25, 0.3) is 0 Å². The second-order valence-electron chi connectivity index (χ2n) is 4.39. The second kappa shape index (κ2) is 5.85. The van der Waals surface area contributed by atoms with Crippen LogP contribution in [0.3, 0.4) is 0 Å². The topological polar surface area (TPSA) is 66.9 Å². The van der Waals surface area contributed by atoms with Crippen molar-refractivity contribution in [1.29, 1.82) is 5.26 Å². The zero-order chi connectivity index (χ0) is 14.7. The van der Waals surface area contributed by atoms with Crippen LogP contribution in [0.1, 0.15) is 16.7 Å². The summed E-state index contributed by atoms with van der Waals surface area (Å²) >= 11 is 0.